The Balaban J connectivity index is 2.29. The molecule has 0 heterocycles. The van der Waals surface area contributed by atoms with Crippen LogP contribution < -0.4 is 10.8 Å². The lowest BCUT2D eigenvalue weighted by Crippen LogP contribution is -2.35. The number of benzene rings is 2. The van der Waals surface area contributed by atoms with Gasteiger partial charge in [-0.1, -0.05) is 34.1 Å². The molecule has 0 unspecified atom stereocenters. The van der Waals surface area contributed by atoms with E-state index in [1.165, 1.54) is 42.9 Å². The molecule has 2 rings (SSSR count). The number of imide groups is 1. The number of halogens is 1. The molecule has 30 heavy (non-hydrogen) atoms. The second kappa shape index (κ2) is 11.1. The second-order valence-electron chi connectivity index (χ2n) is 5.88. The van der Waals surface area contributed by atoms with Crippen LogP contribution in [-0.4, -0.2) is 41.4 Å². The molecule has 0 spiro atoms. The van der Waals surface area contributed by atoms with Crippen LogP contribution >= 0.6 is 15.9 Å². The highest BCUT2D eigenvalue weighted by Crippen LogP contribution is 2.33. The van der Waals surface area contributed by atoms with Crippen LogP contribution in [0.25, 0.3) is 0 Å². The van der Waals surface area contributed by atoms with Crippen molar-refractivity contribution in [1.82, 2.24) is 10.8 Å². The first-order valence-corrected chi connectivity index (χ1v) is 9.35. The van der Waals surface area contributed by atoms with Gasteiger partial charge in [-0.25, -0.2) is 10.3 Å². The highest BCUT2D eigenvalue weighted by atomic mass is 79.9. The lowest BCUT2D eigenvalue weighted by molar-refractivity contribution is -0.124. The topological polar surface area (TPSA) is 134 Å². The van der Waals surface area contributed by atoms with Gasteiger partial charge in [-0.15, -0.1) is 0 Å². The molecule has 158 valence electrons. The molecular formula is C20H19BrN2O7. The third-order valence-electron chi connectivity index (χ3n) is 3.90. The van der Waals surface area contributed by atoms with E-state index in [4.69, 9.17) is 14.7 Å². The molecular weight excluding hydrogens is 460 g/mol. The van der Waals surface area contributed by atoms with Crippen molar-refractivity contribution < 1.29 is 34.2 Å². The lowest BCUT2D eigenvalue weighted by atomic mass is 10.0. The zero-order valence-corrected chi connectivity index (χ0v) is 17.3. The van der Waals surface area contributed by atoms with Crippen molar-refractivity contribution in [3.63, 3.8) is 0 Å². The van der Waals surface area contributed by atoms with E-state index in [2.05, 4.69) is 21.2 Å². The van der Waals surface area contributed by atoms with Crippen LogP contribution in [0.2, 0.25) is 0 Å². The summed E-state index contributed by atoms with van der Waals surface area (Å²) in [6.07, 6.45) is -1.18. The number of hydrogen-bond acceptors (Lipinski definition) is 7. The maximum absolute atomic E-state index is 12.4. The van der Waals surface area contributed by atoms with Crippen LogP contribution in [0.1, 0.15) is 22.0 Å². The van der Waals surface area contributed by atoms with Crippen LogP contribution in [0, 0.1) is 0 Å². The third kappa shape index (κ3) is 6.41. The Hall–Kier alpha value is -3.21. The van der Waals surface area contributed by atoms with E-state index >= 15 is 0 Å². The normalized spacial score (nSPS) is 12.8. The summed E-state index contributed by atoms with van der Waals surface area (Å²) in [6, 6.07) is 12.5. The fourth-order valence-electron chi connectivity index (χ4n) is 2.48. The van der Waals surface area contributed by atoms with Gasteiger partial charge >= 0.3 is 6.09 Å². The molecule has 0 bridgehead atoms. The zero-order chi connectivity index (χ0) is 22.1. The molecule has 0 fully saturated rings. The fourth-order valence-corrected chi connectivity index (χ4v) is 2.86. The maximum Gasteiger partial charge on any atom is 0.414 e. The molecule has 3 amide bonds. The largest absolute Gasteiger partial charge is 0.508 e. The Morgan fingerprint density at radius 3 is 2.47 bits per heavy atom. The maximum atomic E-state index is 12.4. The van der Waals surface area contributed by atoms with Gasteiger partial charge in [0.1, 0.15) is 11.9 Å². The van der Waals surface area contributed by atoms with Crippen molar-refractivity contribution in [2.24, 2.45) is 0 Å². The summed E-state index contributed by atoms with van der Waals surface area (Å²) in [5.74, 6) is -1.72. The Labute approximate surface area is 180 Å². The summed E-state index contributed by atoms with van der Waals surface area (Å²) in [5, 5.41) is 21.0. The first kappa shape index (κ1) is 23.1. The summed E-state index contributed by atoms with van der Waals surface area (Å²) >= 11 is 3.27. The quantitative estimate of drug-likeness (QED) is 0.273. The van der Waals surface area contributed by atoms with Gasteiger partial charge in [0.05, 0.1) is 0 Å². The number of aromatic hydroxyl groups is 1. The first-order chi connectivity index (χ1) is 14.3. The molecule has 0 aliphatic rings. The summed E-state index contributed by atoms with van der Waals surface area (Å²) in [5.41, 5.74) is 1.83. The Kier molecular flexibility index (Phi) is 8.54. The van der Waals surface area contributed by atoms with E-state index in [1.807, 2.05) is 0 Å². The molecule has 2 aromatic rings. The number of methoxy groups -OCH3 is 1. The van der Waals surface area contributed by atoms with Crippen molar-refractivity contribution in [3.8, 4) is 5.75 Å². The number of hydrogen-bond donors (Lipinski definition) is 4. The van der Waals surface area contributed by atoms with E-state index in [9.17, 15) is 19.5 Å². The van der Waals surface area contributed by atoms with Gasteiger partial charge in [-0.3, -0.25) is 20.1 Å². The van der Waals surface area contributed by atoms with E-state index in [1.54, 1.807) is 24.3 Å². The van der Waals surface area contributed by atoms with Crippen LogP contribution in [0.3, 0.4) is 0 Å². The predicted molar refractivity (Wildman–Crippen MR) is 109 cm³/mol. The van der Waals surface area contributed by atoms with Gasteiger partial charge in [0, 0.05) is 28.8 Å². The van der Waals surface area contributed by atoms with Crippen LogP contribution in [0.5, 0.6) is 5.75 Å². The number of amides is 3. The van der Waals surface area contributed by atoms with Gasteiger partial charge in [0.2, 0.25) is 0 Å². The zero-order valence-electron chi connectivity index (χ0n) is 15.7. The number of phenols is 1. The molecule has 0 radical (unpaired) electrons. The average molecular weight is 479 g/mol. The molecule has 0 aliphatic heterocycles. The third-order valence-corrected chi connectivity index (χ3v) is 4.39. The second-order valence-corrected chi connectivity index (χ2v) is 6.80. The van der Waals surface area contributed by atoms with Gasteiger partial charge in [-0.2, -0.15) is 0 Å². The SMILES string of the molecule is CO[C@@H](/C=C/C(=O)NO)[C@@H](OC(=O)NC(=O)c1ccccc1)c1cc(Br)ccc1O. The summed E-state index contributed by atoms with van der Waals surface area (Å²) in [4.78, 5) is 35.9. The van der Waals surface area contributed by atoms with Gasteiger partial charge < -0.3 is 14.6 Å². The fraction of sp³-hybridized carbons (Fsp3) is 0.150. The summed E-state index contributed by atoms with van der Waals surface area (Å²) in [7, 11) is 1.30. The highest BCUT2D eigenvalue weighted by Gasteiger charge is 2.29. The molecule has 2 aromatic carbocycles. The van der Waals surface area contributed by atoms with Gasteiger partial charge in [-0.05, 0) is 36.4 Å². The van der Waals surface area contributed by atoms with E-state index < -0.39 is 30.1 Å². The molecule has 0 saturated heterocycles. The van der Waals surface area contributed by atoms with Crippen LogP contribution in [-0.2, 0) is 14.3 Å². The summed E-state index contributed by atoms with van der Waals surface area (Å²) in [6.45, 7) is 0. The predicted octanol–water partition coefficient (Wildman–Crippen LogP) is 2.84. The molecule has 4 N–H and O–H groups in total. The van der Waals surface area contributed by atoms with E-state index in [0.29, 0.717) is 4.47 Å². The van der Waals surface area contributed by atoms with E-state index in [0.717, 1.165) is 6.08 Å². The monoisotopic (exact) mass is 478 g/mol. The summed E-state index contributed by atoms with van der Waals surface area (Å²) < 4.78 is 11.2. The smallest absolute Gasteiger partial charge is 0.414 e. The van der Waals surface area contributed by atoms with Crippen LogP contribution in [0.4, 0.5) is 4.79 Å². The minimum absolute atomic E-state index is 0.160. The number of hydroxylamine groups is 1. The standard InChI is InChI=1S/C20H19BrN2O7/c1-29-16(9-10-17(25)23-28)18(14-11-13(21)7-8-15(14)24)30-20(27)22-19(26)12-5-3-2-4-6-12/h2-11,16,18,24,28H,1H3,(H,23,25)(H,22,26,27)/b10-9+/t16-,18-/m0/s1. The molecule has 9 nitrogen and oxygen atoms in total. The molecule has 0 aliphatic carbocycles. The van der Waals surface area contributed by atoms with Gasteiger partial charge in [0.25, 0.3) is 11.8 Å². The van der Waals surface area contributed by atoms with Crippen molar-refractivity contribution >= 4 is 33.8 Å². The van der Waals surface area contributed by atoms with Crippen LogP contribution in [0.15, 0.2) is 65.2 Å². The number of ether oxygens (including phenoxy) is 2. The minimum Gasteiger partial charge on any atom is -0.508 e. The molecule has 10 heteroatoms. The number of rotatable bonds is 7. The Bertz CT molecular complexity index is 934. The number of carbonyl (C=O) groups is 3. The number of carbonyl (C=O) groups excluding carboxylic acids is 3. The van der Waals surface area contributed by atoms with Crippen molar-refractivity contribution in [2.75, 3.05) is 7.11 Å². The highest BCUT2D eigenvalue weighted by molar-refractivity contribution is 9.10. The van der Waals surface area contributed by atoms with Gasteiger partial charge in [0.15, 0.2) is 6.10 Å². The van der Waals surface area contributed by atoms with Crippen molar-refractivity contribution in [1.29, 1.82) is 0 Å². The average Bonchev–Trinajstić information content (AvgIpc) is 2.75. The number of alkyl carbamates (subject to hydrolysis) is 1. The molecule has 0 aromatic heterocycles. The minimum atomic E-state index is -1.24. The Morgan fingerprint density at radius 1 is 1.13 bits per heavy atom. The molecule has 0 saturated carbocycles. The van der Waals surface area contributed by atoms with E-state index in [-0.39, 0.29) is 16.9 Å². The number of nitrogens with one attached hydrogen (secondary N) is 2. The van der Waals surface area contributed by atoms with Crippen molar-refractivity contribution in [3.05, 3.63) is 76.3 Å². The molecule has 2 atom stereocenters. The number of phenolic OH excluding ortho intramolecular Hbond substituents is 1. The first-order valence-electron chi connectivity index (χ1n) is 8.56. The Morgan fingerprint density at radius 2 is 1.83 bits per heavy atom. The lowest BCUT2D eigenvalue weighted by Gasteiger charge is -2.25. The van der Waals surface area contributed by atoms with Crippen molar-refractivity contribution in [2.45, 2.75) is 12.2 Å².